The van der Waals surface area contributed by atoms with E-state index in [4.69, 9.17) is 14.2 Å². The number of ether oxygens (including phenoxy) is 3. The van der Waals surface area contributed by atoms with Gasteiger partial charge in [-0.1, -0.05) is 6.07 Å². The van der Waals surface area contributed by atoms with E-state index in [2.05, 4.69) is 4.72 Å². The van der Waals surface area contributed by atoms with Crippen molar-refractivity contribution in [3.05, 3.63) is 48.0 Å². The molecule has 0 saturated heterocycles. The summed E-state index contributed by atoms with van der Waals surface area (Å²) in [6, 6.07) is 10.4. The van der Waals surface area contributed by atoms with Gasteiger partial charge >= 0.3 is 0 Å². The maximum absolute atomic E-state index is 12.9. The average Bonchev–Trinajstić information content (AvgIpc) is 2.76. The number of rotatable bonds is 10. The molecule has 0 aliphatic rings. The van der Waals surface area contributed by atoms with E-state index in [0.717, 1.165) is 5.56 Å². The summed E-state index contributed by atoms with van der Waals surface area (Å²) >= 11 is 0. The van der Waals surface area contributed by atoms with E-state index in [0.29, 0.717) is 30.3 Å². The summed E-state index contributed by atoms with van der Waals surface area (Å²) in [5.74, 6) is 1.37. The first kappa shape index (κ1) is 23.5. The number of carbonyl (C=O) groups is 1. The van der Waals surface area contributed by atoms with Crippen LogP contribution in [0.5, 0.6) is 17.2 Å². The Balaban J connectivity index is 2.12. The molecule has 1 atom stereocenters. The van der Waals surface area contributed by atoms with Gasteiger partial charge in [-0.05, 0) is 55.8 Å². The molecule has 0 heterocycles. The van der Waals surface area contributed by atoms with Gasteiger partial charge in [0.05, 0.1) is 32.3 Å². The van der Waals surface area contributed by atoms with Crippen LogP contribution in [0.4, 0.5) is 0 Å². The predicted molar refractivity (Wildman–Crippen MR) is 113 cm³/mol. The minimum atomic E-state index is -3.85. The van der Waals surface area contributed by atoms with Crippen molar-refractivity contribution in [3.8, 4) is 17.2 Å². The van der Waals surface area contributed by atoms with Crippen molar-refractivity contribution in [2.75, 3.05) is 27.9 Å². The van der Waals surface area contributed by atoms with Gasteiger partial charge in [-0.2, -0.15) is 4.72 Å². The summed E-state index contributed by atoms with van der Waals surface area (Å²) in [7, 11) is 0.741. The number of benzene rings is 2. The molecular formula is C21H28N2O6S. The molecule has 1 N–H and O–H groups in total. The van der Waals surface area contributed by atoms with Crippen LogP contribution in [0.3, 0.4) is 0 Å². The highest BCUT2D eigenvalue weighted by atomic mass is 32.2. The SMILES string of the molecule is CCN(Cc1ccc(OC)c(OC)c1)C(=O)[C@H](C)NS(=O)(=O)c1ccc(OC)cc1. The first-order valence-electron chi connectivity index (χ1n) is 9.41. The van der Waals surface area contributed by atoms with Gasteiger partial charge < -0.3 is 19.1 Å². The Labute approximate surface area is 177 Å². The third kappa shape index (κ3) is 5.64. The maximum Gasteiger partial charge on any atom is 0.241 e. The second-order valence-electron chi connectivity index (χ2n) is 6.56. The number of hydrogen-bond acceptors (Lipinski definition) is 6. The molecule has 0 saturated carbocycles. The molecule has 164 valence electrons. The average molecular weight is 437 g/mol. The van der Waals surface area contributed by atoms with Gasteiger partial charge in [0.2, 0.25) is 15.9 Å². The lowest BCUT2D eigenvalue weighted by Crippen LogP contribution is -2.46. The summed E-state index contributed by atoms with van der Waals surface area (Å²) in [5, 5.41) is 0. The first-order valence-corrected chi connectivity index (χ1v) is 10.9. The number of hydrogen-bond donors (Lipinski definition) is 1. The topological polar surface area (TPSA) is 94.2 Å². The van der Waals surface area contributed by atoms with Crippen LogP contribution in [-0.2, 0) is 21.4 Å². The number of carbonyl (C=O) groups excluding carboxylic acids is 1. The fourth-order valence-electron chi connectivity index (χ4n) is 2.92. The van der Waals surface area contributed by atoms with E-state index in [-0.39, 0.29) is 10.8 Å². The second-order valence-corrected chi connectivity index (χ2v) is 8.27. The van der Waals surface area contributed by atoms with Gasteiger partial charge in [0, 0.05) is 13.1 Å². The minimum absolute atomic E-state index is 0.0610. The minimum Gasteiger partial charge on any atom is -0.497 e. The first-order chi connectivity index (χ1) is 14.2. The molecule has 9 heteroatoms. The Hall–Kier alpha value is -2.78. The molecule has 0 aliphatic heterocycles. The molecule has 0 spiro atoms. The van der Waals surface area contributed by atoms with E-state index < -0.39 is 16.1 Å². The Morgan fingerprint density at radius 3 is 2.17 bits per heavy atom. The van der Waals surface area contributed by atoms with Crippen LogP contribution in [0.25, 0.3) is 0 Å². The lowest BCUT2D eigenvalue weighted by atomic mass is 10.1. The number of methoxy groups -OCH3 is 3. The zero-order valence-electron chi connectivity index (χ0n) is 17.8. The lowest BCUT2D eigenvalue weighted by Gasteiger charge is -2.25. The molecule has 8 nitrogen and oxygen atoms in total. The van der Waals surface area contributed by atoms with Crippen molar-refractivity contribution in [1.29, 1.82) is 0 Å². The fraction of sp³-hybridized carbons (Fsp3) is 0.381. The standard InChI is InChI=1S/C21H28N2O6S/c1-6-23(14-16-7-12-19(28-4)20(13-16)29-5)21(24)15(2)22-30(25,26)18-10-8-17(27-3)9-11-18/h7-13,15,22H,6,14H2,1-5H3/t15-/m0/s1. The van der Waals surface area contributed by atoms with E-state index in [1.165, 1.54) is 26.2 Å². The molecular weight excluding hydrogens is 408 g/mol. The van der Waals surface area contributed by atoms with Gasteiger partial charge in [-0.25, -0.2) is 8.42 Å². The Kier molecular flexibility index (Phi) is 8.08. The highest BCUT2D eigenvalue weighted by Gasteiger charge is 2.25. The van der Waals surface area contributed by atoms with Crippen molar-refractivity contribution >= 4 is 15.9 Å². The van der Waals surface area contributed by atoms with Gasteiger partial charge in [-0.15, -0.1) is 0 Å². The van der Waals surface area contributed by atoms with E-state index in [1.807, 2.05) is 13.0 Å². The zero-order chi connectivity index (χ0) is 22.3. The molecule has 0 radical (unpaired) electrons. The van der Waals surface area contributed by atoms with Gasteiger partial charge in [0.1, 0.15) is 5.75 Å². The van der Waals surface area contributed by atoms with Gasteiger partial charge in [0.15, 0.2) is 11.5 Å². The number of amides is 1. The van der Waals surface area contributed by atoms with Crippen LogP contribution in [0.1, 0.15) is 19.4 Å². The molecule has 1 amide bonds. The van der Waals surface area contributed by atoms with Crippen LogP contribution in [0, 0.1) is 0 Å². The number of nitrogens with one attached hydrogen (secondary N) is 1. The molecule has 0 aromatic heterocycles. The lowest BCUT2D eigenvalue weighted by molar-refractivity contribution is -0.133. The Morgan fingerprint density at radius 1 is 1.00 bits per heavy atom. The quantitative estimate of drug-likeness (QED) is 0.615. The van der Waals surface area contributed by atoms with Crippen molar-refractivity contribution in [2.45, 2.75) is 31.3 Å². The van der Waals surface area contributed by atoms with Crippen LogP contribution >= 0.6 is 0 Å². The van der Waals surface area contributed by atoms with Crippen molar-refractivity contribution in [3.63, 3.8) is 0 Å². The van der Waals surface area contributed by atoms with Crippen LogP contribution in [0.15, 0.2) is 47.4 Å². The molecule has 0 fully saturated rings. The van der Waals surface area contributed by atoms with E-state index in [1.54, 1.807) is 43.4 Å². The number of likely N-dealkylation sites (N-methyl/N-ethyl adjacent to an activating group) is 1. The smallest absolute Gasteiger partial charge is 0.241 e. The Bertz CT molecular complexity index is 960. The summed E-state index contributed by atoms with van der Waals surface area (Å²) in [4.78, 5) is 14.5. The maximum atomic E-state index is 12.9. The Morgan fingerprint density at radius 2 is 1.63 bits per heavy atom. The van der Waals surface area contributed by atoms with E-state index >= 15 is 0 Å². The van der Waals surface area contributed by atoms with Crippen LogP contribution in [-0.4, -0.2) is 53.1 Å². The molecule has 0 bridgehead atoms. The highest BCUT2D eigenvalue weighted by molar-refractivity contribution is 7.89. The molecule has 2 aromatic carbocycles. The van der Waals surface area contributed by atoms with Crippen LogP contribution < -0.4 is 18.9 Å². The van der Waals surface area contributed by atoms with Gasteiger partial charge in [-0.3, -0.25) is 4.79 Å². The zero-order valence-corrected chi connectivity index (χ0v) is 18.7. The fourth-order valence-corrected chi connectivity index (χ4v) is 4.12. The monoisotopic (exact) mass is 436 g/mol. The highest BCUT2D eigenvalue weighted by Crippen LogP contribution is 2.28. The number of sulfonamides is 1. The largest absolute Gasteiger partial charge is 0.497 e. The number of nitrogens with zero attached hydrogens (tertiary/aromatic N) is 1. The van der Waals surface area contributed by atoms with E-state index in [9.17, 15) is 13.2 Å². The molecule has 30 heavy (non-hydrogen) atoms. The second kappa shape index (κ2) is 10.3. The molecule has 2 rings (SSSR count). The van der Waals surface area contributed by atoms with Crippen molar-refractivity contribution < 1.29 is 27.4 Å². The third-order valence-corrected chi connectivity index (χ3v) is 6.14. The normalized spacial score (nSPS) is 12.2. The third-order valence-electron chi connectivity index (χ3n) is 4.59. The summed E-state index contributed by atoms with van der Waals surface area (Å²) in [6.45, 7) is 4.09. The van der Waals surface area contributed by atoms with Crippen molar-refractivity contribution in [2.24, 2.45) is 0 Å². The predicted octanol–water partition coefficient (Wildman–Crippen LogP) is 2.43. The van der Waals surface area contributed by atoms with Crippen molar-refractivity contribution in [1.82, 2.24) is 9.62 Å². The summed E-state index contributed by atoms with van der Waals surface area (Å²) in [6.07, 6.45) is 0. The van der Waals surface area contributed by atoms with Crippen LogP contribution in [0.2, 0.25) is 0 Å². The molecule has 2 aromatic rings. The van der Waals surface area contributed by atoms with Gasteiger partial charge in [0.25, 0.3) is 0 Å². The molecule has 0 aliphatic carbocycles. The summed E-state index contributed by atoms with van der Waals surface area (Å²) in [5.41, 5.74) is 0.841. The molecule has 0 unspecified atom stereocenters. The summed E-state index contributed by atoms with van der Waals surface area (Å²) < 4.78 is 43.3.